The third kappa shape index (κ3) is 3.54. The number of likely N-dealkylation sites (tertiary alicyclic amines) is 1. The second-order valence-electron chi connectivity index (χ2n) is 5.39. The minimum Gasteiger partial charge on any atom is -0.398 e. The normalized spacial score (nSPS) is 17.0. The number of amides is 1. The molecule has 6 nitrogen and oxygen atoms in total. The van der Waals surface area contributed by atoms with Gasteiger partial charge in [0.15, 0.2) is 0 Å². The summed E-state index contributed by atoms with van der Waals surface area (Å²) >= 11 is 0. The molecule has 3 N–H and O–H groups in total. The van der Waals surface area contributed by atoms with E-state index in [1.165, 1.54) is 12.1 Å². The zero-order chi connectivity index (χ0) is 15.6. The number of sulfonamides is 1. The van der Waals surface area contributed by atoms with Crippen LogP contribution < -0.4 is 10.5 Å². The lowest BCUT2D eigenvalue weighted by atomic mass is 10.2. The van der Waals surface area contributed by atoms with Crippen LogP contribution in [0.2, 0.25) is 0 Å². The van der Waals surface area contributed by atoms with Crippen molar-refractivity contribution in [3.8, 4) is 0 Å². The maximum Gasteiger partial charge on any atom is 0.241 e. The first-order chi connectivity index (χ1) is 9.81. The Balaban J connectivity index is 2.12. The van der Waals surface area contributed by atoms with Crippen LogP contribution in [0.25, 0.3) is 0 Å². The van der Waals surface area contributed by atoms with Gasteiger partial charge < -0.3 is 10.6 Å². The van der Waals surface area contributed by atoms with E-state index >= 15 is 0 Å². The van der Waals surface area contributed by atoms with Gasteiger partial charge in [-0.1, -0.05) is 6.07 Å². The van der Waals surface area contributed by atoms with E-state index in [2.05, 4.69) is 4.72 Å². The Morgan fingerprint density at radius 2 is 1.95 bits per heavy atom. The van der Waals surface area contributed by atoms with Crippen molar-refractivity contribution in [2.45, 2.75) is 37.6 Å². The number of hydrogen-bond acceptors (Lipinski definition) is 4. The second kappa shape index (κ2) is 6.03. The SMILES string of the molecule is Cc1ccc(S(=O)(=O)NC(C)C(=O)N2CCCC2)cc1N. The van der Waals surface area contributed by atoms with Gasteiger partial charge in [0.25, 0.3) is 0 Å². The number of nitrogens with one attached hydrogen (secondary N) is 1. The molecule has 1 unspecified atom stereocenters. The highest BCUT2D eigenvalue weighted by Gasteiger charge is 2.27. The van der Waals surface area contributed by atoms with Gasteiger partial charge in [-0.15, -0.1) is 0 Å². The van der Waals surface area contributed by atoms with Gasteiger partial charge in [0.1, 0.15) is 0 Å². The number of hydrogen-bond donors (Lipinski definition) is 2. The highest BCUT2D eigenvalue weighted by molar-refractivity contribution is 7.89. The van der Waals surface area contributed by atoms with E-state index in [4.69, 9.17) is 5.73 Å². The maximum atomic E-state index is 12.3. The van der Waals surface area contributed by atoms with Crippen molar-refractivity contribution in [3.05, 3.63) is 23.8 Å². The molecule has 0 bridgehead atoms. The summed E-state index contributed by atoms with van der Waals surface area (Å²) in [5.74, 6) is -0.184. The summed E-state index contributed by atoms with van der Waals surface area (Å²) in [4.78, 5) is 13.9. The van der Waals surface area contributed by atoms with Crippen molar-refractivity contribution in [2.24, 2.45) is 0 Å². The molecule has 116 valence electrons. The van der Waals surface area contributed by atoms with E-state index in [0.29, 0.717) is 18.8 Å². The maximum absolute atomic E-state index is 12.3. The molecular formula is C14H21N3O3S. The van der Waals surface area contributed by atoms with Gasteiger partial charge >= 0.3 is 0 Å². The summed E-state index contributed by atoms with van der Waals surface area (Å²) in [5.41, 5.74) is 6.97. The Hall–Kier alpha value is -1.60. The Labute approximate surface area is 125 Å². The van der Waals surface area contributed by atoms with Crippen molar-refractivity contribution < 1.29 is 13.2 Å². The molecule has 21 heavy (non-hydrogen) atoms. The summed E-state index contributed by atoms with van der Waals surface area (Å²) in [5, 5.41) is 0. The average molecular weight is 311 g/mol. The summed E-state index contributed by atoms with van der Waals surface area (Å²) < 4.78 is 27.0. The highest BCUT2D eigenvalue weighted by atomic mass is 32.2. The van der Waals surface area contributed by atoms with Gasteiger partial charge in [-0.2, -0.15) is 4.72 Å². The molecule has 2 rings (SSSR count). The van der Waals surface area contributed by atoms with Gasteiger partial charge in [0, 0.05) is 18.8 Å². The van der Waals surface area contributed by atoms with Gasteiger partial charge in [-0.3, -0.25) is 4.79 Å². The van der Waals surface area contributed by atoms with Crippen LogP contribution >= 0.6 is 0 Å². The molecule has 1 atom stereocenters. The standard InChI is InChI=1S/C14H21N3O3S/c1-10-5-6-12(9-13(10)15)21(19,20)16-11(2)14(18)17-7-3-4-8-17/h5-6,9,11,16H,3-4,7-8,15H2,1-2H3. The molecule has 0 saturated carbocycles. The van der Waals surface area contributed by atoms with E-state index in [-0.39, 0.29) is 10.8 Å². The molecule has 0 aromatic heterocycles. The second-order valence-corrected chi connectivity index (χ2v) is 7.11. The zero-order valence-corrected chi connectivity index (χ0v) is 13.1. The summed E-state index contributed by atoms with van der Waals surface area (Å²) in [7, 11) is -3.75. The van der Waals surface area contributed by atoms with Crippen LogP contribution in [-0.2, 0) is 14.8 Å². The minimum absolute atomic E-state index is 0.0756. The van der Waals surface area contributed by atoms with Crippen molar-refractivity contribution in [1.82, 2.24) is 9.62 Å². The molecule has 1 fully saturated rings. The quantitative estimate of drug-likeness (QED) is 0.807. The van der Waals surface area contributed by atoms with E-state index in [9.17, 15) is 13.2 Å². The number of carbonyl (C=O) groups is 1. The number of nitrogens with zero attached hydrogens (tertiary/aromatic N) is 1. The van der Waals surface area contributed by atoms with Gasteiger partial charge in [0.05, 0.1) is 10.9 Å². The topological polar surface area (TPSA) is 92.5 Å². The third-order valence-electron chi connectivity index (χ3n) is 3.68. The largest absolute Gasteiger partial charge is 0.398 e. The fourth-order valence-corrected chi connectivity index (χ4v) is 3.58. The zero-order valence-electron chi connectivity index (χ0n) is 12.3. The van der Waals surface area contributed by atoms with Gasteiger partial charge in [-0.05, 0) is 44.4 Å². The van der Waals surface area contributed by atoms with E-state index in [1.54, 1.807) is 24.8 Å². The number of anilines is 1. The number of aryl methyl sites for hydroxylation is 1. The molecule has 1 heterocycles. The molecule has 0 aliphatic carbocycles. The minimum atomic E-state index is -3.75. The number of rotatable bonds is 4. The Kier molecular flexibility index (Phi) is 4.53. The third-order valence-corrected chi connectivity index (χ3v) is 5.22. The smallest absolute Gasteiger partial charge is 0.241 e. The molecule has 0 radical (unpaired) electrons. The Morgan fingerprint density at radius 1 is 1.33 bits per heavy atom. The Morgan fingerprint density at radius 3 is 2.52 bits per heavy atom. The molecule has 1 aromatic rings. The van der Waals surface area contributed by atoms with Crippen molar-refractivity contribution >= 4 is 21.6 Å². The molecule has 1 saturated heterocycles. The van der Waals surface area contributed by atoms with Crippen molar-refractivity contribution in [3.63, 3.8) is 0 Å². The molecular weight excluding hydrogens is 290 g/mol. The summed E-state index contributed by atoms with van der Waals surface area (Å²) in [6, 6.07) is 3.76. The fourth-order valence-electron chi connectivity index (χ4n) is 2.35. The van der Waals surface area contributed by atoms with Gasteiger partial charge in [-0.25, -0.2) is 8.42 Å². The first-order valence-electron chi connectivity index (χ1n) is 6.98. The van der Waals surface area contributed by atoms with E-state index in [0.717, 1.165) is 18.4 Å². The first kappa shape index (κ1) is 15.8. The molecule has 1 aromatic carbocycles. The Bertz CT molecular complexity index is 637. The molecule has 1 aliphatic rings. The van der Waals surface area contributed by atoms with Gasteiger partial charge in [0.2, 0.25) is 15.9 Å². The highest BCUT2D eigenvalue weighted by Crippen LogP contribution is 2.18. The lowest BCUT2D eigenvalue weighted by Gasteiger charge is -2.21. The molecule has 1 aliphatic heterocycles. The lowest BCUT2D eigenvalue weighted by molar-refractivity contribution is -0.131. The molecule has 0 spiro atoms. The van der Waals surface area contributed by atoms with Crippen LogP contribution in [0.3, 0.4) is 0 Å². The molecule has 7 heteroatoms. The van der Waals surface area contributed by atoms with Crippen LogP contribution in [0.4, 0.5) is 5.69 Å². The monoisotopic (exact) mass is 311 g/mol. The number of carbonyl (C=O) groups excluding carboxylic acids is 1. The van der Waals surface area contributed by atoms with Crippen molar-refractivity contribution in [2.75, 3.05) is 18.8 Å². The van der Waals surface area contributed by atoms with Crippen LogP contribution in [0.15, 0.2) is 23.1 Å². The summed E-state index contributed by atoms with van der Waals surface area (Å²) in [6.45, 7) is 4.76. The van der Waals surface area contributed by atoms with E-state index in [1.807, 2.05) is 0 Å². The van der Waals surface area contributed by atoms with Crippen LogP contribution in [0.5, 0.6) is 0 Å². The van der Waals surface area contributed by atoms with E-state index < -0.39 is 16.1 Å². The average Bonchev–Trinajstić information content (AvgIpc) is 2.94. The predicted molar refractivity (Wildman–Crippen MR) is 81.2 cm³/mol. The van der Waals surface area contributed by atoms with Crippen LogP contribution in [0.1, 0.15) is 25.3 Å². The van der Waals surface area contributed by atoms with Crippen LogP contribution in [0, 0.1) is 6.92 Å². The van der Waals surface area contributed by atoms with Crippen LogP contribution in [-0.4, -0.2) is 38.4 Å². The molecule has 1 amide bonds. The lowest BCUT2D eigenvalue weighted by Crippen LogP contribution is -2.45. The number of nitrogens with two attached hydrogens (primary N) is 1. The number of benzene rings is 1. The number of nitrogen functional groups attached to an aromatic ring is 1. The predicted octanol–water partition coefficient (Wildman–Crippen LogP) is 0.866. The fraction of sp³-hybridized carbons (Fsp3) is 0.500. The summed E-state index contributed by atoms with van der Waals surface area (Å²) in [6.07, 6.45) is 1.94. The first-order valence-corrected chi connectivity index (χ1v) is 8.47. The van der Waals surface area contributed by atoms with Crippen molar-refractivity contribution in [1.29, 1.82) is 0 Å².